The van der Waals surface area contributed by atoms with Gasteiger partial charge < -0.3 is 20.1 Å². The number of nitrogen functional groups attached to an aromatic ring is 1. The maximum Gasteiger partial charge on any atom is 0.240 e. The Balaban J connectivity index is 2.42. The van der Waals surface area contributed by atoms with Crippen LogP contribution in [-0.2, 0) is 0 Å². The summed E-state index contributed by atoms with van der Waals surface area (Å²) in [6.45, 7) is 1.63. The van der Waals surface area contributed by atoms with E-state index < -0.39 is 0 Å². The Morgan fingerprint density at radius 3 is 2.75 bits per heavy atom. The van der Waals surface area contributed by atoms with Crippen LogP contribution in [0, 0.1) is 0 Å². The maximum atomic E-state index is 5.64. The Hall–Kier alpha value is -1.49. The van der Waals surface area contributed by atoms with Crippen molar-refractivity contribution in [3.05, 3.63) is 12.1 Å². The first-order valence-corrected chi connectivity index (χ1v) is 5.21. The fraction of sp³-hybridized carbons (Fsp3) is 0.545. The Labute approximate surface area is 96.2 Å². The monoisotopic (exact) mass is 225 g/mol. The average molecular weight is 225 g/mol. The Bertz CT molecular complexity index is 329. The van der Waals surface area contributed by atoms with Gasteiger partial charge in [0.25, 0.3) is 0 Å². The third-order valence-electron chi connectivity index (χ3n) is 2.06. The highest BCUT2D eigenvalue weighted by Gasteiger charge is 2.03. The normalized spacial score (nSPS) is 10.5. The first kappa shape index (κ1) is 12.6. The van der Waals surface area contributed by atoms with Crippen LogP contribution < -0.4 is 15.2 Å². The quantitative estimate of drug-likeness (QED) is 0.732. The van der Waals surface area contributed by atoms with E-state index in [1.807, 2.05) is 14.1 Å². The van der Waals surface area contributed by atoms with Crippen molar-refractivity contribution in [2.24, 2.45) is 0 Å². The molecule has 0 radical (unpaired) electrons. The lowest BCUT2D eigenvalue weighted by Crippen LogP contribution is -2.15. The van der Waals surface area contributed by atoms with Crippen LogP contribution in [0.2, 0.25) is 0 Å². The second-order valence-electron chi connectivity index (χ2n) is 3.75. The Morgan fingerprint density at radius 1 is 1.38 bits per heavy atom. The van der Waals surface area contributed by atoms with Crippen LogP contribution in [-0.4, -0.2) is 44.2 Å². The molecule has 0 aliphatic heterocycles. The summed E-state index contributed by atoms with van der Waals surface area (Å²) < 4.78 is 10.5. The second kappa shape index (κ2) is 6.17. The standard InChI is InChI=1S/C11H19N3O2/c1-14(2)7-4-8-16-10-6-5-9(12)11(13-10)15-3/h5-6H,4,7-8,12H2,1-3H3. The zero-order chi connectivity index (χ0) is 12.0. The summed E-state index contributed by atoms with van der Waals surface area (Å²) in [6.07, 6.45) is 0.960. The SMILES string of the molecule is COc1nc(OCCCN(C)C)ccc1N. The van der Waals surface area contributed by atoms with Crippen molar-refractivity contribution in [2.75, 3.05) is 40.1 Å². The van der Waals surface area contributed by atoms with Gasteiger partial charge in [-0.1, -0.05) is 0 Å². The van der Waals surface area contributed by atoms with Crippen molar-refractivity contribution in [3.8, 4) is 11.8 Å². The lowest BCUT2D eigenvalue weighted by atomic mass is 10.4. The molecule has 0 fully saturated rings. The Kier molecular flexibility index (Phi) is 4.85. The molecule has 0 saturated heterocycles. The molecule has 90 valence electrons. The Morgan fingerprint density at radius 2 is 2.12 bits per heavy atom. The fourth-order valence-electron chi connectivity index (χ4n) is 1.24. The third kappa shape index (κ3) is 3.94. The minimum atomic E-state index is 0.408. The highest BCUT2D eigenvalue weighted by molar-refractivity contribution is 5.49. The summed E-state index contributed by atoms with van der Waals surface area (Å²) in [4.78, 5) is 6.24. The van der Waals surface area contributed by atoms with Gasteiger partial charge in [0.1, 0.15) is 0 Å². The van der Waals surface area contributed by atoms with E-state index in [-0.39, 0.29) is 0 Å². The molecule has 5 nitrogen and oxygen atoms in total. The molecule has 0 aliphatic carbocycles. The van der Waals surface area contributed by atoms with Crippen LogP contribution in [0.4, 0.5) is 5.69 Å². The zero-order valence-electron chi connectivity index (χ0n) is 10.1. The number of ether oxygens (including phenoxy) is 2. The van der Waals surface area contributed by atoms with Crippen molar-refractivity contribution < 1.29 is 9.47 Å². The van der Waals surface area contributed by atoms with E-state index in [1.54, 1.807) is 12.1 Å². The van der Waals surface area contributed by atoms with E-state index in [9.17, 15) is 0 Å². The summed E-state index contributed by atoms with van der Waals surface area (Å²) >= 11 is 0. The van der Waals surface area contributed by atoms with Crippen LogP contribution in [0.15, 0.2) is 12.1 Å². The molecule has 1 heterocycles. The molecule has 0 bridgehead atoms. The number of rotatable bonds is 6. The van der Waals surface area contributed by atoms with E-state index >= 15 is 0 Å². The topological polar surface area (TPSA) is 60.6 Å². The van der Waals surface area contributed by atoms with Crippen LogP contribution in [0.5, 0.6) is 11.8 Å². The van der Waals surface area contributed by atoms with Gasteiger partial charge in [0.2, 0.25) is 11.8 Å². The molecular formula is C11H19N3O2. The molecule has 1 aromatic heterocycles. The molecule has 0 saturated carbocycles. The summed E-state index contributed by atoms with van der Waals surface area (Å²) in [6, 6.07) is 3.47. The van der Waals surface area contributed by atoms with Gasteiger partial charge in [-0.2, -0.15) is 4.98 Å². The lowest BCUT2D eigenvalue weighted by molar-refractivity contribution is 0.269. The van der Waals surface area contributed by atoms with Crippen molar-refractivity contribution in [3.63, 3.8) is 0 Å². The van der Waals surface area contributed by atoms with Gasteiger partial charge >= 0.3 is 0 Å². The third-order valence-corrected chi connectivity index (χ3v) is 2.06. The van der Waals surface area contributed by atoms with Crippen molar-refractivity contribution in [1.82, 2.24) is 9.88 Å². The second-order valence-corrected chi connectivity index (χ2v) is 3.75. The highest BCUT2D eigenvalue weighted by Crippen LogP contribution is 2.21. The predicted octanol–water partition coefficient (Wildman–Crippen LogP) is 1.00. The summed E-state index contributed by atoms with van der Waals surface area (Å²) in [7, 11) is 5.60. The number of aromatic nitrogens is 1. The predicted molar refractivity (Wildman–Crippen MR) is 63.9 cm³/mol. The molecule has 0 atom stereocenters. The van der Waals surface area contributed by atoms with E-state index in [4.69, 9.17) is 15.2 Å². The minimum Gasteiger partial charge on any atom is -0.479 e. The smallest absolute Gasteiger partial charge is 0.240 e. The van der Waals surface area contributed by atoms with Crippen molar-refractivity contribution >= 4 is 5.69 Å². The molecule has 1 rings (SSSR count). The first-order valence-electron chi connectivity index (χ1n) is 5.21. The number of hydrogen-bond acceptors (Lipinski definition) is 5. The van der Waals surface area contributed by atoms with E-state index in [0.717, 1.165) is 13.0 Å². The highest BCUT2D eigenvalue weighted by atomic mass is 16.5. The number of nitrogens with two attached hydrogens (primary N) is 1. The number of methoxy groups -OCH3 is 1. The molecule has 5 heteroatoms. The van der Waals surface area contributed by atoms with Crippen LogP contribution >= 0.6 is 0 Å². The van der Waals surface area contributed by atoms with Gasteiger partial charge in [0, 0.05) is 12.6 Å². The molecular weight excluding hydrogens is 206 g/mol. The van der Waals surface area contributed by atoms with Crippen LogP contribution in [0.25, 0.3) is 0 Å². The van der Waals surface area contributed by atoms with E-state index in [0.29, 0.717) is 24.1 Å². The van der Waals surface area contributed by atoms with Gasteiger partial charge in [-0.25, -0.2) is 0 Å². The van der Waals surface area contributed by atoms with Crippen LogP contribution in [0.1, 0.15) is 6.42 Å². The van der Waals surface area contributed by atoms with Gasteiger partial charge in [0.15, 0.2) is 0 Å². The first-order chi connectivity index (χ1) is 7.63. The number of hydrogen-bond donors (Lipinski definition) is 1. The summed E-state index contributed by atoms with van der Waals surface area (Å²) in [5.41, 5.74) is 6.16. The summed E-state index contributed by atoms with van der Waals surface area (Å²) in [5, 5.41) is 0. The fourth-order valence-corrected chi connectivity index (χ4v) is 1.24. The van der Waals surface area contributed by atoms with Gasteiger partial charge in [-0.3, -0.25) is 0 Å². The number of anilines is 1. The number of nitrogens with zero attached hydrogens (tertiary/aromatic N) is 2. The van der Waals surface area contributed by atoms with E-state index in [1.165, 1.54) is 7.11 Å². The molecule has 2 N–H and O–H groups in total. The molecule has 16 heavy (non-hydrogen) atoms. The molecule has 0 spiro atoms. The van der Waals surface area contributed by atoms with Crippen molar-refractivity contribution in [2.45, 2.75) is 6.42 Å². The van der Waals surface area contributed by atoms with Crippen LogP contribution in [0.3, 0.4) is 0 Å². The van der Waals surface area contributed by atoms with Gasteiger partial charge in [-0.05, 0) is 26.6 Å². The zero-order valence-corrected chi connectivity index (χ0v) is 10.1. The lowest BCUT2D eigenvalue weighted by Gasteiger charge is -2.10. The van der Waals surface area contributed by atoms with Gasteiger partial charge in [-0.15, -0.1) is 0 Å². The van der Waals surface area contributed by atoms with Crippen molar-refractivity contribution in [1.29, 1.82) is 0 Å². The minimum absolute atomic E-state index is 0.408. The average Bonchev–Trinajstić information content (AvgIpc) is 2.26. The number of pyridine rings is 1. The molecule has 0 aliphatic rings. The van der Waals surface area contributed by atoms with E-state index in [2.05, 4.69) is 9.88 Å². The molecule has 0 unspecified atom stereocenters. The summed E-state index contributed by atoms with van der Waals surface area (Å²) in [5.74, 6) is 0.954. The molecule has 0 aromatic carbocycles. The maximum absolute atomic E-state index is 5.64. The molecule has 1 aromatic rings. The van der Waals surface area contributed by atoms with Gasteiger partial charge in [0.05, 0.1) is 19.4 Å². The molecule has 0 amide bonds. The largest absolute Gasteiger partial charge is 0.479 e.